The van der Waals surface area contributed by atoms with Gasteiger partial charge in [-0.1, -0.05) is 29.3 Å². The number of para-hydroxylation sites is 1. The van der Waals surface area contributed by atoms with E-state index in [1.807, 2.05) is 26.0 Å². The summed E-state index contributed by atoms with van der Waals surface area (Å²) in [6.45, 7) is 6.03. The van der Waals surface area contributed by atoms with Gasteiger partial charge >= 0.3 is 0 Å². The Morgan fingerprint density at radius 1 is 1.14 bits per heavy atom. The largest absolute Gasteiger partial charge is 0.486 e. The second-order valence-corrected chi connectivity index (χ2v) is 10.8. The predicted octanol–water partition coefficient (Wildman–Crippen LogP) is 6.57. The fraction of sp³-hybridized carbons (Fsp3) is 0.296. The molecule has 0 bridgehead atoms. The molecule has 0 aliphatic carbocycles. The number of rotatable bonds is 5. The first-order valence-corrected chi connectivity index (χ1v) is 13.0. The lowest BCUT2D eigenvalue weighted by Crippen LogP contribution is -2.25. The van der Waals surface area contributed by atoms with Gasteiger partial charge < -0.3 is 25.3 Å². The molecule has 0 atom stereocenters. The molecule has 0 radical (unpaired) electrons. The van der Waals surface area contributed by atoms with Crippen LogP contribution < -0.4 is 20.3 Å². The molecule has 37 heavy (non-hydrogen) atoms. The smallest absolute Gasteiger partial charge is 0.259 e. The summed E-state index contributed by atoms with van der Waals surface area (Å²) in [4.78, 5) is 28.2. The Bertz CT molecular complexity index is 1490. The van der Waals surface area contributed by atoms with Gasteiger partial charge in [0.05, 0.1) is 44.2 Å². The van der Waals surface area contributed by atoms with Crippen LogP contribution in [0.5, 0.6) is 5.75 Å². The lowest BCUT2D eigenvalue weighted by molar-refractivity contribution is 0.101. The van der Waals surface area contributed by atoms with E-state index in [2.05, 4.69) is 30.5 Å². The molecule has 4 aromatic rings. The molecule has 1 fully saturated rings. The van der Waals surface area contributed by atoms with Gasteiger partial charge in [-0.15, -0.1) is 0 Å². The number of nitrogens with one attached hydrogen (secondary N) is 3. The zero-order chi connectivity index (χ0) is 25.7. The molecule has 0 unspecified atom stereocenters. The summed E-state index contributed by atoms with van der Waals surface area (Å²) in [5, 5.41) is 7.10. The van der Waals surface area contributed by atoms with Crippen LogP contribution in [0.1, 0.15) is 42.6 Å². The number of ether oxygens (including phenoxy) is 1. The zero-order valence-corrected chi connectivity index (χ0v) is 22.0. The van der Waals surface area contributed by atoms with Crippen LogP contribution in [0.15, 0.2) is 42.6 Å². The van der Waals surface area contributed by atoms with Crippen LogP contribution in [0.2, 0.25) is 10.0 Å². The third-order valence-electron chi connectivity index (χ3n) is 6.70. The van der Waals surface area contributed by atoms with E-state index in [9.17, 15) is 4.79 Å². The van der Waals surface area contributed by atoms with Crippen molar-refractivity contribution in [3.8, 4) is 5.75 Å². The minimum Gasteiger partial charge on any atom is -0.486 e. The molecule has 2 aromatic heterocycles. The van der Waals surface area contributed by atoms with Crippen molar-refractivity contribution in [2.45, 2.75) is 38.7 Å². The highest BCUT2D eigenvalue weighted by Gasteiger charge is 2.36. The summed E-state index contributed by atoms with van der Waals surface area (Å²) >= 11 is 12.7. The minimum absolute atomic E-state index is 0.279. The number of hydrogen-bond donors (Lipinski definition) is 3. The van der Waals surface area contributed by atoms with E-state index in [-0.39, 0.29) is 5.91 Å². The van der Waals surface area contributed by atoms with Gasteiger partial charge in [0, 0.05) is 25.1 Å². The minimum atomic E-state index is -0.463. The number of H-pyrrole nitrogens is 1. The van der Waals surface area contributed by atoms with Crippen LogP contribution in [0.3, 0.4) is 0 Å². The van der Waals surface area contributed by atoms with Gasteiger partial charge in [-0.05, 0) is 57.0 Å². The monoisotopic (exact) mass is 536 g/mol. The standard InChI is InChI=1S/C27H26Cl2N6O2/c1-27(2)13-17-22-20(32-26(33-22)34-23-18(28)6-5-7-19(23)29)12-16(24(17)37-27)25(36)31-15-8-9-21(30-14-15)35-10-3-4-11-35/h5-9,12,14H,3-4,10-11,13H2,1-2H3,(H,31,36)(H2,32,33,34). The van der Waals surface area contributed by atoms with Gasteiger partial charge in [-0.3, -0.25) is 4.79 Å². The number of carbonyl (C=O) groups is 1. The lowest BCUT2D eigenvalue weighted by Gasteiger charge is -2.18. The SMILES string of the molecule is CC1(C)Cc2c(c(C(=O)Nc3ccc(N4CCCC4)nc3)cc3nc(Nc4c(Cl)cccc4Cl)[nH]c23)O1. The average Bonchev–Trinajstić information content (AvgIpc) is 3.59. The van der Waals surface area contributed by atoms with E-state index in [0.29, 0.717) is 50.6 Å². The number of halogens is 2. The molecule has 3 N–H and O–H groups in total. The van der Waals surface area contributed by atoms with Gasteiger partial charge in [0.15, 0.2) is 0 Å². The number of benzene rings is 2. The summed E-state index contributed by atoms with van der Waals surface area (Å²) in [7, 11) is 0. The third kappa shape index (κ3) is 4.55. The summed E-state index contributed by atoms with van der Waals surface area (Å²) in [6.07, 6.45) is 4.68. The number of anilines is 4. The number of amides is 1. The number of fused-ring (bicyclic) bond motifs is 3. The third-order valence-corrected chi connectivity index (χ3v) is 7.33. The van der Waals surface area contributed by atoms with Crippen LogP contribution in [-0.4, -0.2) is 39.5 Å². The first-order chi connectivity index (χ1) is 17.8. The summed E-state index contributed by atoms with van der Waals surface area (Å²) in [6, 6.07) is 10.8. The molecule has 190 valence electrons. The van der Waals surface area contributed by atoms with Gasteiger partial charge in [-0.2, -0.15) is 0 Å². The molecule has 1 saturated heterocycles. The molecule has 2 aliphatic heterocycles. The van der Waals surface area contributed by atoms with Gasteiger partial charge in [0.2, 0.25) is 5.95 Å². The number of nitrogens with zero attached hydrogens (tertiary/aromatic N) is 3. The number of imidazole rings is 1. The van der Waals surface area contributed by atoms with Crippen molar-refractivity contribution in [1.82, 2.24) is 15.0 Å². The molecule has 10 heteroatoms. The maximum Gasteiger partial charge on any atom is 0.259 e. The highest BCUT2D eigenvalue weighted by atomic mass is 35.5. The molecular weight excluding hydrogens is 511 g/mol. The van der Waals surface area contributed by atoms with E-state index >= 15 is 0 Å². The molecular formula is C27H26Cl2N6O2. The Balaban J connectivity index is 1.33. The quantitative estimate of drug-likeness (QED) is 0.267. The average molecular weight is 537 g/mol. The van der Waals surface area contributed by atoms with Crippen LogP contribution in [0.4, 0.5) is 23.1 Å². The number of carbonyl (C=O) groups excluding carboxylic acids is 1. The van der Waals surface area contributed by atoms with Crippen molar-refractivity contribution in [2.24, 2.45) is 0 Å². The number of aromatic amines is 1. The second-order valence-electron chi connectivity index (χ2n) is 10.0. The molecule has 6 rings (SSSR count). The van der Waals surface area contributed by atoms with Crippen LogP contribution in [0, 0.1) is 0 Å². The van der Waals surface area contributed by atoms with Crippen LogP contribution in [0.25, 0.3) is 11.0 Å². The van der Waals surface area contributed by atoms with Crippen LogP contribution in [-0.2, 0) is 6.42 Å². The fourth-order valence-electron chi connectivity index (χ4n) is 4.98. The van der Waals surface area contributed by atoms with Crippen molar-refractivity contribution >= 4 is 63.3 Å². The van der Waals surface area contributed by atoms with E-state index in [0.717, 1.165) is 30.0 Å². The Morgan fingerprint density at radius 3 is 2.59 bits per heavy atom. The summed E-state index contributed by atoms with van der Waals surface area (Å²) in [5.41, 5.74) is 3.48. The molecule has 2 aliphatic rings. The molecule has 0 saturated carbocycles. The zero-order valence-electron chi connectivity index (χ0n) is 20.5. The highest BCUT2D eigenvalue weighted by molar-refractivity contribution is 6.39. The van der Waals surface area contributed by atoms with E-state index in [1.165, 1.54) is 12.8 Å². The maximum atomic E-state index is 13.4. The Kier molecular flexibility index (Phi) is 5.88. The molecule has 2 aromatic carbocycles. The van der Waals surface area contributed by atoms with Crippen molar-refractivity contribution in [3.63, 3.8) is 0 Å². The van der Waals surface area contributed by atoms with Gasteiger partial charge in [-0.25, -0.2) is 9.97 Å². The van der Waals surface area contributed by atoms with E-state index < -0.39 is 5.60 Å². The maximum absolute atomic E-state index is 13.4. The van der Waals surface area contributed by atoms with Gasteiger partial charge in [0.25, 0.3) is 5.91 Å². The fourth-order valence-corrected chi connectivity index (χ4v) is 5.47. The van der Waals surface area contributed by atoms with Crippen molar-refractivity contribution < 1.29 is 9.53 Å². The van der Waals surface area contributed by atoms with Crippen LogP contribution >= 0.6 is 23.2 Å². The first-order valence-electron chi connectivity index (χ1n) is 12.3. The normalized spacial score (nSPS) is 16.1. The van der Waals surface area contributed by atoms with Crippen molar-refractivity contribution in [3.05, 3.63) is 63.8 Å². The molecule has 0 spiro atoms. The predicted molar refractivity (Wildman–Crippen MR) is 148 cm³/mol. The first kappa shape index (κ1) is 23.9. The Hall–Kier alpha value is -3.49. The molecule has 4 heterocycles. The second kappa shape index (κ2) is 9.11. The summed E-state index contributed by atoms with van der Waals surface area (Å²) < 4.78 is 6.25. The lowest BCUT2D eigenvalue weighted by atomic mass is 9.98. The topological polar surface area (TPSA) is 95.2 Å². The van der Waals surface area contributed by atoms with Gasteiger partial charge in [0.1, 0.15) is 17.2 Å². The molecule has 8 nitrogen and oxygen atoms in total. The van der Waals surface area contributed by atoms with Crippen molar-refractivity contribution in [1.29, 1.82) is 0 Å². The Morgan fingerprint density at radius 2 is 1.89 bits per heavy atom. The highest BCUT2D eigenvalue weighted by Crippen LogP contribution is 2.43. The number of pyridine rings is 1. The van der Waals surface area contributed by atoms with E-state index in [1.54, 1.807) is 30.5 Å². The van der Waals surface area contributed by atoms with Crippen molar-refractivity contribution in [2.75, 3.05) is 28.6 Å². The number of aromatic nitrogens is 3. The molecule has 1 amide bonds. The number of hydrogen-bond acceptors (Lipinski definition) is 6. The van der Waals surface area contributed by atoms with E-state index in [4.69, 9.17) is 27.9 Å². The summed E-state index contributed by atoms with van der Waals surface area (Å²) in [5.74, 6) is 1.68. The Labute approximate surface area is 224 Å².